The van der Waals surface area contributed by atoms with Crippen LogP contribution in [0.25, 0.3) is 16.9 Å². The van der Waals surface area contributed by atoms with Crippen molar-refractivity contribution in [3.05, 3.63) is 90.6 Å². The Kier molecular flexibility index (Phi) is 8.73. The van der Waals surface area contributed by atoms with Gasteiger partial charge in [-0.3, -0.25) is 19.5 Å². The van der Waals surface area contributed by atoms with Crippen molar-refractivity contribution in [2.75, 3.05) is 46.3 Å². The number of anilines is 1. The molecule has 0 aliphatic carbocycles. The molecule has 38 heavy (non-hydrogen) atoms. The Hall–Kier alpha value is -4.63. The highest BCUT2D eigenvalue weighted by molar-refractivity contribution is 5.99. The first kappa shape index (κ1) is 26.4. The highest BCUT2D eigenvalue weighted by Crippen LogP contribution is 2.27. The van der Waals surface area contributed by atoms with E-state index in [0.717, 1.165) is 11.3 Å². The van der Waals surface area contributed by atoms with Gasteiger partial charge in [0.15, 0.2) is 0 Å². The lowest BCUT2D eigenvalue weighted by Crippen LogP contribution is -2.40. The van der Waals surface area contributed by atoms with Crippen molar-refractivity contribution in [1.82, 2.24) is 14.5 Å². The second-order valence-corrected chi connectivity index (χ2v) is 8.38. The number of methoxy groups -OCH3 is 3. The molecule has 0 aliphatic heterocycles. The normalized spacial score (nSPS) is 10.6. The fourth-order valence-electron chi connectivity index (χ4n) is 3.88. The molecular weight excluding hydrogens is 484 g/mol. The summed E-state index contributed by atoms with van der Waals surface area (Å²) in [5.41, 5.74) is 2.75. The predicted octanol–water partition coefficient (Wildman–Crippen LogP) is 4.28. The number of benzene rings is 3. The van der Waals surface area contributed by atoms with Gasteiger partial charge in [0.05, 0.1) is 26.5 Å². The van der Waals surface area contributed by atoms with Crippen LogP contribution in [0.5, 0.6) is 11.5 Å². The van der Waals surface area contributed by atoms with E-state index in [1.807, 2.05) is 60.8 Å². The van der Waals surface area contributed by atoms with Crippen molar-refractivity contribution < 1.29 is 23.8 Å². The fourth-order valence-corrected chi connectivity index (χ4v) is 3.88. The molecular formula is C29H30N4O5. The monoisotopic (exact) mass is 514 g/mol. The third-order valence-corrected chi connectivity index (χ3v) is 5.88. The van der Waals surface area contributed by atoms with Crippen LogP contribution in [0.3, 0.4) is 0 Å². The van der Waals surface area contributed by atoms with Gasteiger partial charge in [0.25, 0.3) is 5.91 Å². The number of ether oxygens (including phenoxy) is 3. The summed E-state index contributed by atoms with van der Waals surface area (Å²) < 4.78 is 17.6. The van der Waals surface area contributed by atoms with Crippen LogP contribution in [0.2, 0.25) is 0 Å². The number of rotatable bonds is 11. The summed E-state index contributed by atoms with van der Waals surface area (Å²) in [5, 5.41) is 2.89. The smallest absolute Gasteiger partial charge is 0.254 e. The minimum atomic E-state index is -0.386. The molecule has 1 heterocycles. The van der Waals surface area contributed by atoms with E-state index in [1.165, 1.54) is 4.90 Å². The van der Waals surface area contributed by atoms with Crippen molar-refractivity contribution in [3.8, 4) is 28.4 Å². The van der Waals surface area contributed by atoms with E-state index in [1.54, 1.807) is 50.2 Å². The van der Waals surface area contributed by atoms with Gasteiger partial charge in [-0.1, -0.05) is 30.3 Å². The van der Waals surface area contributed by atoms with Crippen LogP contribution in [0.4, 0.5) is 5.95 Å². The number of amides is 2. The van der Waals surface area contributed by atoms with Crippen LogP contribution in [0.1, 0.15) is 10.4 Å². The average molecular weight is 515 g/mol. The summed E-state index contributed by atoms with van der Waals surface area (Å²) in [5.74, 6) is 1.08. The lowest BCUT2D eigenvalue weighted by atomic mass is 10.1. The van der Waals surface area contributed by atoms with E-state index in [-0.39, 0.29) is 24.9 Å². The molecule has 0 unspecified atom stereocenters. The molecule has 0 bridgehead atoms. The lowest BCUT2D eigenvalue weighted by molar-refractivity contribution is -0.117. The number of carbonyl (C=O) groups excluding carboxylic acids is 2. The van der Waals surface area contributed by atoms with Gasteiger partial charge in [-0.25, -0.2) is 4.98 Å². The number of nitrogens with one attached hydrogen (secondary N) is 1. The minimum Gasteiger partial charge on any atom is -0.497 e. The first-order chi connectivity index (χ1) is 18.5. The molecule has 2 amide bonds. The summed E-state index contributed by atoms with van der Waals surface area (Å²) in [6.45, 7) is 0.396. The quantitative estimate of drug-likeness (QED) is 0.321. The minimum absolute atomic E-state index is 0.166. The Bertz CT molecular complexity index is 1370. The molecule has 0 fully saturated rings. The first-order valence-electron chi connectivity index (χ1n) is 12.0. The van der Waals surface area contributed by atoms with Crippen molar-refractivity contribution in [2.24, 2.45) is 0 Å². The van der Waals surface area contributed by atoms with Crippen molar-refractivity contribution in [2.45, 2.75) is 0 Å². The third-order valence-electron chi connectivity index (χ3n) is 5.88. The van der Waals surface area contributed by atoms with Crippen molar-refractivity contribution in [1.29, 1.82) is 0 Å². The number of hydrogen-bond acceptors (Lipinski definition) is 6. The van der Waals surface area contributed by atoms with Crippen LogP contribution >= 0.6 is 0 Å². The zero-order valence-corrected chi connectivity index (χ0v) is 21.6. The third kappa shape index (κ3) is 6.37. The highest BCUT2D eigenvalue weighted by Gasteiger charge is 2.21. The molecule has 0 atom stereocenters. The molecule has 1 aromatic heterocycles. The van der Waals surface area contributed by atoms with Gasteiger partial charge in [-0.2, -0.15) is 0 Å². The molecule has 0 saturated carbocycles. The fraction of sp³-hybridized carbons (Fsp3) is 0.207. The number of nitrogens with zero attached hydrogens (tertiary/aromatic N) is 3. The Morgan fingerprint density at radius 2 is 1.63 bits per heavy atom. The summed E-state index contributed by atoms with van der Waals surface area (Å²) in [6.07, 6.45) is 1.84. The average Bonchev–Trinajstić information content (AvgIpc) is 3.38. The molecule has 1 N–H and O–H groups in total. The Labute approximate surface area is 221 Å². The second kappa shape index (κ2) is 12.6. The molecule has 4 aromatic rings. The van der Waals surface area contributed by atoms with Crippen molar-refractivity contribution in [3.63, 3.8) is 0 Å². The van der Waals surface area contributed by atoms with E-state index in [4.69, 9.17) is 19.2 Å². The molecule has 0 radical (unpaired) electrons. The zero-order valence-electron chi connectivity index (χ0n) is 21.6. The van der Waals surface area contributed by atoms with Crippen LogP contribution in [-0.2, 0) is 9.53 Å². The summed E-state index contributed by atoms with van der Waals surface area (Å²) >= 11 is 0. The molecule has 196 valence electrons. The maximum atomic E-state index is 13.2. The van der Waals surface area contributed by atoms with Gasteiger partial charge in [-0.05, 0) is 48.5 Å². The van der Waals surface area contributed by atoms with E-state index in [9.17, 15) is 9.59 Å². The second-order valence-electron chi connectivity index (χ2n) is 8.38. The topological polar surface area (TPSA) is 94.9 Å². The molecule has 9 nitrogen and oxygen atoms in total. The zero-order chi connectivity index (χ0) is 26.9. The summed E-state index contributed by atoms with van der Waals surface area (Å²) in [4.78, 5) is 32.5. The standard InChI is InChI=1S/C29H30N4O5/c1-36-17-16-32(28(35)21-8-5-4-6-9-21)20-27(34)31-29-30-26(22-10-7-11-25(18-22)38-3)19-33(29)23-12-14-24(37-2)15-13-23/h4-15,18-19H,16-17,20H2,1-3H3,(H,30,31,34). The summed E-state index contributed by atoms with van der Waals surface area (Å²) in [7, 11) is 4.76. The Balaban J connectivity index is 1.62. The maximum Gasteiger partial charge on any atom is 0.254 e. The van der Waals surface area contributed by atoms with Crippen molar-refractivity contribution >= 4 is 17.8 Å². The van der Waals surface area contributed by atoms with E-state index >= 15 is 0 Å². The molecule has 0 spiro atoms. The van der Waals surface area contributed by atoms with Gasteiger partial charge in [0.2, 0.25) is 11.9 Å². The van der Waals surface area contributed by atoms with Crippen LogP contribution in [-0.4, -0.2) is 67.3 Å². The maximum absolute atomic E-state index is 13.2. The molecule has 3 aromatic carbocycles. The van der Waals surface area contributed by atoms with E-state index < -0.39 is 0 Å². The lowest BCUT2D eigenvalue weighted by Gasteiger charge is -2.22. The van der Waals surface area contributed by atoms with Gasteiger partial charge < -0.3 is 19.1 Å². The highest BCUT2D eigenvalue weighted by atomic mass is 16.5. The number of carbonyl (C=O) groups is 2. The van der Waals surface area contributed by atoms with E-state index in [0.29, 0.717) is 35.3 Å². The van der Waals surface area contributed by atoms with Gasteiger partial charge in [0.1, 0.15) is 18.0 Å². The first-order valence-corrected chi connectivity index (χ1v) is 12.0. The number of imidazole rings is 1. The van der Waals surface area contributed by atoms with Gasteiger partial charge in [0, 0.05) is 36.7 Å². The Morgan fingerprint density at radius 3 is 2.32 bits per heavy atom. The Morgan fingerprint density at radius 1 is 0.895 bits per heavy atom. The number of hydrogen-bond donors (Lipinski definition) is 1. The molecule has 9 heteroatoms. The molecule has 4 rings (SSSR count). The predicted molar refractivity (Wildman–Crippen MR) is 145 cm³/mol. The van der Waals surface area contributed by atoms with Crippen LogP contribution in [0.15, 0.2) is 85.1 Å². The van der Waals surface area contributed by atoms with E-state index in [2.05, 4.69) is 5.32 Å². The molecule has 0 aliphatic rings. The summed E-state index contributed by atoms with van der Waals surface area (Å²) in [6, 6.07) is 23.8. The van der Waals surface area contributed by atoms with Crippen LogP contribution < -0.4 is 14.8 Å². The largest absolute Gasteiger partial charge is 0.497 e. The van der Waals surface area contributed by atoms with Crippen LogP contribution in [0, 0.1) is 0 Å². The van der Waals surface area contributed by atoms with Gasteiger partial charge in [-0.15, -0.1) is 0 Å². The SMILES string of the molecule is COCCN(CC(=O)Nc1nc(-c2cccc(OC)c2)cn1-c1ccc(OC)cc1)C(=O)c1ccccc1. The number of aromatic nitrogens is 2. The van der Waals surface area contributed by atoms with Gasteiger partial charge >= 0.3 is 0 Å². The molecule has 0 saturated heterocycles.